The molecule has 0 saturated heterocycles. The van der Waals surface area contributed by atoms with Crippen molar-refractivity contribution in [1.29, 1.82) is 0 Å². The number of hydrogen-bond donors (Lipinski definition) is 0. The first-order valence-corrected chi connectivity index (χ1v) is 16.1. The zero-order chi connectivity index (χ0) is 32.4. The average molecular weight is 626 g/mol. The van der Waals surface area contributed by atoms with Gasteiger partial charge in [0.1, 0.15) is 30.5 Å². The van der Waals surface area contributed by atoms with Gasteiger partial charge in [0, 0.05) is 17.4 Å². The lowest BCUT2D eigenvalue weighted by Crippen LogP contribution is -2.14. The molecule has 0 aliphatic carbocycles. The van der Waals surface area contributed by atoms with Gasteiger partial charge in [0.25, 0.3) is 0 Å². The molecule has 238 valence electrons. The maximum Gasteiger partial charge on any atom is 0.344 e. The predicted octanol–water partition coefficient (Wildman–Crippen LogP) is 9.02. The summed E-state index contributed by atoms with van der Waals surface area (Å²) in [5.41, 5.74) is 8.06. The summed E-state index contributed by atoms with van der Waals surface area (Å²) < 4.78 is 25.3. The zero-order valence-electron chi connectivity index (χ0n) is 26.9. The van der Waals surface area contributed by atoms with Gasteiger partial charge in [0.15, 0.2) is 6.61 Å². The van der Waals surface area contributed by atoms with E-state index < -0.39 is 0 Å². The quantitative estimate of drug-likeness (QED) is 0.113. The van der Waals surface area contributed by atoms with Crippen molar-refractivity contribution in [3.63, 3.8) is 0 Å². The van der Waals surface area contributed by atoms with Crippen molar-refractivity contribution in [2.45, 2.75) is 40.0 Å². The zero-order valence-corrected chi connectivity index (χ0v) is 26.9. The van der Waals surface area contributed by atoms with Gasteiger partial charge in [-0.25, -0.2) is 4.79 Å². The first-order chi connectivity index (χ1) is 23.1. The molecule has 0 bridgehead atoms. The fourth-order valence-corrected chi connectivity index (χ4v) is 5.75. The van der Waals surface area contributed by atoms with E-state index in [0.717, 1.165) is 45.7 Å². The van der Waals surface area contributed by atoms with E-state index in [9.17, 15) is 4.79 Å². The molecule has 0 fully saturated rings. The highest BCUT2D eigenvalue weighted by atomic mass is 16.6. The molecule has 0 amide bonds. The Morgan fingerprint density at radius 2 is 1.19 bits per heavy atom. The summed E-state index contributed by atoms with van der Waals surface area (Å²) in [6, 6.07) is 43.0. The minimum atomic E-state index is -0.379. The Kier molecular flexibility index (Phi) is 10.2. The number of benzene rings is 5. The molecule has 1 aromatic heterocycles. The highest BCUT2D eigenvalue weighted by Crippen LogP contribution is 2.38. The summed E-state index contributed by atoms with van der Waals surface area (Å²) in [6.07, 6.45) is 0.855. The Balaban J connectivity index is 1.31. The van der Waals surface area contributed by atoms with Crippen LogP contribution in [0.1, 0.15) is 36.1 Å². The number of aromatic nitrogens is 1. The number of hydrogen-bond acceptors (Lipinski definition) is 5. The molecule has 0 unspecified atom stereocenters. The number of rotatable bonds is 14. The number of carbonyl (C=O) groups is 1. The Labute approximate surface area is 276 Å². The van der Waals surface area contributed by atoms with Gasteiger partial charge in [0.2, 0.25) is 0 Å². The Bertz CT molecular complexity index is 1900. The maximum atomic E-state index is 11.7. The fraction of sp³-hybridized carbons (Fsp3) is 0.195. The van der Waals surface area contributed by atoms with Crippen LogP contribution in [0.25, 0.3) is 22.2 Å². The van der Waals surface area contributed by atoms with Gasteiger partial charge in [-0.2, -0.15) is 0 Å². The van der Waals surface area contributed by atoms with E-state index in [2.05, 4.69) is 66.1 Å². The van der Waals surface area contributed by atoms with Crippen LogP contribution in [0.4, 0.5) is 0 Å². The van der Waals surface area contributed by atoms with Crippen molar-refractivity contribution in [2.75, 3.05) is 13.2 Å². The molecule has 6 rings (SSSR count). The van der Waals surface area contributed by atoms with E-state index in [1.807, 2.05) is 72.8 Å². The van der Waals surface area contributed by atoms with Crippen molar-refractivity contribution >= 4 is 16.9 Å². The molecule has 1 heterocycles. The summed E-state index contributed by atoms with van der Waals surface area (Å²) in [7, 11) is 0. The molecule has 6 aromatic rings. The molecule has 5 aromatic carbocycles. The van der Waals surface area contributed by atoms with Gasteiger partial charge in [0.05, 0.1) is 12.3 Å². The number of esters is 1. The lowest BCUT2D eigenvalue weighted by Gasteiger charge is -2.14. The van der Waals surface area contributed by atoms with Crippen LogP contribution < -0.4 is 14.2 Å². The minimum absolute atomic E-state index is 0.112. The monoisotopic (exact) mass is 625 g/mol. The lowest BCUT2D eigenvalue weighted by atomic mass is 10.0. The van der Waals surface area contributed by atoms with Crippen LogP contribution in [0.15, 0.2) is 127 Å². The van der Waals surface area contributed by atoms with E-state index >= 15 is 0 Å². The summed E-state index contributed by atoms with van der Waals surface area (Å²) in [6.45, 7) is 5.88. The normalized spacial score (nSPS) is 10.9. The van der Waals surface area contributed by atoms with Gasteiger partial charge < -0.3 is 23.5 Å². The van der Waals surface area contributed by atoms with Crippen molar-refractivity contribution < 1.29 is 23.7 Å². The van der Waals surface area contributed by atoms with Crippen LogP contribution in [0.5, 0.6) is 17.2 Å². The molecule has 0 N–H and O–H groups in total. The topological polar surface area (TPSA) is 58.9 Å². The Morgan fingerprint density at radius 3 is 1.81 bits per heavy atom. The molecule has 0 radical (unpaired) electrons. The van der Waals surface area contributed by atoms with Gasteiger partial charge in [-0.1, -0.05) is 79.7 Å². The highest BCUT2D eigenvalue weighted by Gasteiger charge is 2.19. The van der Waals surface area contributed by atoms with Crippen LogP contribution in [0, 0.1) is 0 Å². The second-order valence-electron chi connectivity index (χ2n) is 11.3. The van der Waals surface area contributed by atoms with Crippen LogP contribution in [0.2, 0.25) is 0 Å². The third-order valence-corrected chi connectivity index (χ3v) is 8.04. The third-order valence-electron chi connectivity index (χ3n) is 8.04. The first-order valence-electron chi connectivity index (χ1n) is 16.1. The number of nitrogens with zero attached hydrogens (tertiary/aromatic N) is 1. The number of carbonyl (C=O) groups excluding carboxylic acids is 1. The van der Waals surface area contributed by atoms with E-state index in [0.29, 0.717) is 32.1 Å². The van der Waals surface area contributed by atoms with Crippen molar-refractivity contribution in [2.24, 2.45) is 0 Å². The molecule has 47 heavy (non-hydrogen) atoms. The molecular formula is C41H39NO5. The standard InChI is InChI=1S/C41H39NO5/c1-3-37-38-25-36(46-28-32-13-9-6-10-14-32)23-24-39(38)42(26-30-15-19-34(20-16-30)47-29-40(43)44-4-2)41(37)33-17-21-35(22-18-33)45-27-31-11-7-5-8-12-31/h5-25H,3-4,26-29H2,1-2H3. The van der Waals surface area contributed by atoms with Gasteiger partial charge >= 0.3 is 5.97 Å². The highest BCUT2D eigenvalue weighted by molar-refractivity contribution is 5.93. The lowest BCUT2D eigenvalue weighted by molar-refractivity contribution is -0.145. The van der Waals surface area contributed by atoms with E-state index in [1.165, 1.54) is 16.6 Å². The molecule has 0 saturated carbocycles. The summed E-state index contributed by atoms with van der Waals surface area (Å²) in [5, 5.41) is 1.17. The minimum Gasteiger partial charge on any atom is -0.489 e. The first kappa shape index (κ1) is 31.5. The van der Waals surface area contributed by atoms with Crippen LogP contribution in [-0.2, 0) is 35.7 Å². The molecule has 6 heteroatoms. The largest absolute Gasteiger partial charge is 0.489 e. The predicted molar refractivity (Wildman–Crippen MR) is 186 cm³/mol. The maximum absolute atomic E-state index is 11.7. The average Bonchev–Trinajstić information content (AvgIpc) is 3.43. The number of fused-ring (bicyclic) bond motifs is 1. The third kappa shape index (κ3) is 7.85. The summed E-state index contributed by atoms with van der Waals surface area (Å²) >= 11 is 0. The van der Waals surface area contributed by atoms with Crippen LogP contribution >= 0.6 is 0 Å². The smallest absolute Gasteiger partial charge is 0.344 e. The Morgan fingerprint density at radius 1 is 0.617 bits per heavy atom. The summed E-state index contributed by atoms with van der Waals surface area (Å²) in [5.74, 6) is 1.91. The van der Waals surface area contributed by atoms with Gasteiger partial charge in [-0.05, 0) is 95.8 Å². The fourth-order valence-electron chi connectivity index (χ4n) is 5.75. The SMILES string of the molecule is CCOC(=O)COc1ccc(Cn2c(-c3ccc(OCc4ccccc4)cc3)c(CC)c3cc(OCc4ccccc4)ccc32)cc1. The number of ether oxygens (including phenoxy) is 4. The van der Waals surface area contributed by atoms with E-state index in [-0.39, 0.29) is 12.6 Å². The molecular weight excluding hydrogens is 586 g/mol. The second-order valence-corrected chi connectivity index (χ2v) is 11.3. The van der Waals surface area contributed by atoms with Crippen LogP contribution in [0.3, 0.4) is 0 Å². The van der Waals surface area contributed by atoms with E-state index in [1.54, 1.807) is 6.92 Å². The molecule has 0 aliphatic rings. The van der Waals surface area contributed by atoms with E-state index in [4.69, 9.17) is 18.9 Å². The summed E-state index contributed by atoms with van der Waals surface area (Å²) in [4.78, 5) is 11.7. The van der Waals surface area contributed by atoms with Crippen molar-refractivity contribution in [3.05, 3.63) is 150 Å². The van der Waals surface area contributed by atoms with Crippen LogP contribution in [-0.4, -0.2) is 23.8 Å². The molecule has 6 nitrogen and oxygen atoms in total. The Hall–Kier alpha value is -5.49. The molecule has 0 spiro atoms. The van der Waals surface area contributed by atoms with Gasteiger partial charge in [-0.3, -0.25) is 0 Å². The molecule has 0 atom stereocenters. The van der Waals surface area contributed by atoms with Gasteiger partial charge in [-0.15, -0.1) is 0 Å². The molecule has 0 aliphatic heterocycles. The van der Waals surface area contributed by atoms with Crippen molar-refractivity contribution in [3.8, 4) is 28.5 Å². The van der Waals surface area contributed by atoms with Crippen molar-refractivity contribution in [1.82, 2.24) is 4.57 Å². The second kappa shape index (κ2) is 15.2. The number of aryl methyl sites for hydroxylation is 1.